The molecule has 5 heteroatoms. The van der Waals surface area contributed by atoms with E-state index in [0.29, 0.717) is 12.5 Å². The first-order valence-corrected chi connectivity index (χ1v) is 10.2. The van der Waals surface area contributed by atoms with Gasteiger partial charge in [-0.1, -0.05) is 18.6 Å². The fourth-order valence-corrected chi connectivity index (χ4v) is 4.95. The highest BCUT2D eigenvalue weighted by Gasteiger charge is 2.33. The predicted molar refractivity (Wildman–Crippen MR) is 100 cm³/mol. The van der Waals surface area contributed by atoms with E-state index in [-0.39, 0.29) is 12.1 Å². The summed E-state index contributed by atoms with van der Waals surface area (Å²) in [5, 5.41) is 3.26. The van der Waals surface area contributed by atoms with Crippen molar-refractivity contribution in [3.63, 3.8) is 0 Å². The highest BCUT2D eigenvalue weighted by Crippen LogP contribution is 2.28. The van der Waals surface area contributed by atoms with Crippen molar-refractivity contribution in [1.82, 2.24) is 4.90 Å². The van der Waals surface area contributed by atoms with Crippen molar-refractivity contribution in [2.45, 2.75) is 44.2 Å². The largest absolute Gasteiger partial charge is 0.460 e. The van der Waals surface area contributed by atoms with Crippen LogP contribution in [0.4, 0.5) is 0 Å². The SMILES string of the molecule is O=C(Cc1cccc2sccc12)OC1CCCCC1N1CCOCC1. The topological polar surface area (TPSA) is 38.8 Å². The summed E-state index contributed by atoms with van der Waals surface area (Å²) in [7, 11) is 0. The maximum Gasteiger partial charge on any atom is 0.310 e. The molecule has 1 aromatic carbocycles. The second-order valence-corrected chi connectivity index (χ2v) is 7.90. The lowest BCUT2D eigenvalue weighted by Gasteiger charge is -2.41. The lowest BCUT2D eigenvalue weighted by Crippen LogP contribution is -2.51. The molecular weight excluding hydrogens is 334 g/mol. The minimum Gasteiger partial charge on any atom is -0.460 e. The van der Waals surface area contributed by atoms with Gasteiger partial charge >= 0.3 is 5.97 Å². The van der Waals surface area contributed by atoms with E-state index in [1.807, 2.05) is 12.1 Å². The minimum absolute atomic E-state index is 0.0287. The fraction of sp³-hybridized carbons (Fsp3) is 0.550. The molecule has 0 N–H and O–H groups in total. The van der Waals surface area contributed by atoms with Crippen LogP contribution in [0, 0.1) is 0 Å². The first kappa shape index (κ1) is 17.0. The number of thiophene rings is 1. The number of ether oxygens (including phenoxy) is 2. The lowest BCUT2D eigenvalue weighted by molar-refractivity contribution is -0.155. The lowest BCUT2D eigenvalue weighted by atomic mass is 9.91. The quantitative estimate of drug-likeness (QED) is 0.782. The van der Waals surface area contributed by atoms with Gasteiger partial charge in [0.25, 0.3) is 0 Å². The zero-order valence-corrected chi connectivity index (χ0v) is 15.3. The third-order valence-electron chi connectivity index (χ3n) is 5.39. The molecule has 2 aromatic rings. The molecule has 2 fully saturated rings. The molecule has 2 aliphatic rings. The summed E-state index contributed by atoms with van der Waals surface area (Å²) in [6.07, 6.45) is 4.87. The second kappa shape index (κ2) is 7.85. The van der Waals surface area contributed by atoms with Crippen LogP contribution in [0.25, 0.3) is 10.1 Å². The number of nitrogens with zero attached hydrogens (tertiary/aromatic N) is 1. The molecule has 0 radical (unpaired) electrons. The predicted octanol–water partition coefficient (Wildman–Crippen LogP) is 3.63. The molecule has 2 unspecified atom stereocenters. The number of carbonyl (C=O) groups is 1. The molecule has 134 valence electrons. The third kappa shape index (κ3) is 3.89. The summed E-state index contributed by atoms with van der Waals surface area (Å²) in [5.74, 6) is -0.0936. The normalized spacial score (nSPS) is 25.1. The molecule has 0 bridgehead atoms. The number of hydrogen-bond donors (Lipinski definition) is 0. The fourth-order valence-electron chi connectivity index (χ4n) is 4.12. The van der Waals surface area contributed by atoms with Gasteiger partial charge in [0.2, 0.25) is 0 Å². The number of esters is 1. The number of fused-ring (bicyclic) bond motifs is 1. The van der Waals surface area contributed by atoms with Gasteiger partial charge < -0.3 is 9.47 Å². The number of morpholine rings is 1. The van der Waals surface area contributed by atoms with Crippen molar-refractivity contribution in [3.8, 4) is 0 Å². The Morgan fingerprint density at radius 1 is 1.20 bits per heavy atom. The molecule has 1 aromatic heterocycles. The van der Waals surface area contributed by atoms with Crippen molar-refractivity contribution in [3.05, 3.63) is 35.2 Å². The van der Waals surface area contributed by atoms with E-state index in [1.165, 1.54) is 16.5 Å². The average molecular weight is 359 g/mol. The molecule has 4 rings (SSSR count). The molecule has 1 aliphatic carbocycles. The van der Waals surface area contributed by atoms with Gasteiger partial charge in [-0.2, -0.15) is 0 Å². The van der Waals surface area contributed by atoms with Gasteiger partial charge in [0.1, 0.15) is 6.10 Å². The molecule has 0 amide bonds. The van der Waals surface area contributed by atoms with Gasteiger partial charge in [-0.15, -0.1) is 11.3 Å². The monoisotopic (exact) mass is 359 g/mol. The summed E-state index contributed by atoms with van der Waals surface area (Å²) in [5.41, 5.74) is 1.07. The van der Waals surface area contributed by atoms with E-state index < -0.39 is 0 Å². The zero-order chi connectivity index (χ0) is 17.1. The first-order chi connectivity index (χ1) is 12.3. The van der Waals surface area contributed by atoms with Crippen LogP contribution in [0.15, 0.2) is 29.6 Å². The number of carbonyl (C=O) groups excluding carboxylic acids is 1. The average Bonchev–Trinajstić information content (AvgIpc) is 3.13. The van der Waals surface area contributed by atoms with Gasteiger partial charge in [0.15, 0.2) is 0 Å². The highest BCUT2D eigenvalue weighted by atomic mass is 32.1. The molecule has 1 aliphatic heterocycles. The van der Waals surface area contributed by atoms with Gasteiger partial charge in [-0.25, -0.2) is 0 Å². The molecule has 1 saturated carbocycles. The number of benzene rings is 1. The maximum atomic E-state index is 12.6. The van der Waals surface area contributed by atoms with Crippen LogP contribution in [0.2, 0.25) is 0 Å². The van der Waals surface area contributed by atoms with E-state index in [9.17, 15) is 4.79 Å². The van der Waals surface area contributed by atoms with Crippen LogP contribution in [0.5, 0.6) is 0 Å². The Morgan fingerprint density at radius 2 is 2.04 bits per heavy atom. The summed E-state index contributed by atoms with van der Waals surface area (Å²) >= 11 is 1.71. The molecule has 2 atom stereocenters. The van der Waals surface area contributed by atoms with Crippen molar-refractivity contribution < 1.29 is 14.3 Å². The van der Waals surface area contributed by atoms with Crippen LogP contribution in [-0.2, 0) is 20.7 Å². The Labute approximate surface area is 152 Å². The smallest absolute Gasteiger partial charge is 0.310 e. The number of hydrogen-bond acceptors (Lipinski definition) is 5. The molecule has 1 saturated heterocycles. The number of rotatable bonds is 4. The van der Waals surface area contributed by atoms with Crippen molar-refractivity contribution in [2.75, 3.05) is 26.3 Å². The minimum atomic E-state index is -0.0936. The Kier molecular flexibility index (Phi) is 5.34. The molecule has 2 heterocycles. The Balaban J connectivity index is 1.42. The maximum absolute atomic E-state index is 12.6. The zero-order valence-electron chi connectivity index (χ0n) is 14.5. The Bertz CT molecular complexity index is 723. The van der Waals surface area contributed by atoms with Gasteiger partial charge in [-0.05, 0) is 47.7 Å². The Morgan fingerprint density at radius 3 is 2.92 bits per heavy atom. The molecule has 0 spiro atoms. The van der Waals surface area contributed by atoms with Crippen molar-refractivity contribution in [2.24, 2.45) is 0 Å². The summed E-state index contributed by atoms with van der Waals surface area (Å²) in [6.45, 7) is 3.48. The van der Waals surface area contributed by atoms with Gasteiger partial charge in [0.05, 0.1) is 19.6 Å². The van der Waals surface area contributed by atoms with Crippen LogP contribution in [-0.4, -0.2) is 49.3 Å². The van der Waals surface area contributed by atoms with E-state index in [2.05, 4.69) is 22.4 Å². The van der Waals surface area contributed by atoms with E-state index in [0.717, 1.165) is 51.1 Å². The van der Waals surface area contributed by atoms with Gasteiger partial charge in [0, 0.05) is 23.8 Å². The van der Waals surface area contributed by atoms with Crippen LogP contribution >= 0.6 is 11.3 Å². The van der Waals surface area contributed by atoms with Gasteiger partial charge in [-0.3, -0.25) is 9.69 Å². The first-order valence-electron chi connectivity index (χ1n) is 9.27. The second-order valence-electron chi connectivity index (χ2n) is 6.95. The van der Waals surface area contributed by atoms with Crippen LogP contribution in [0.1, 0.15) is 31.2 Å². The van der Waals surface area contributed by atoms with E-state index >= 15 is 0 Å². The Hall–Kier alpha value is -1.43. The van der Waals surface area contributed by atoms with Crippen molar-refractivity contribution in [1.29, 1.82) is 0 Å². The summed E-state index contributed by atoms with van der Waals surface area (Å²) in [6, 6.07) is 8.62. The molecule has 25 heavy (non-hydrogen) atoms. The third-order valence-corrected chi connectivity index (χ3v) is 6.27. The van der Waals surface area contributed by atoms with E-state index in [1.54, 1.807) is 11.3 Å². The molecular formula is C20H25NO3S. The molecule has 4 nitrogen and oxygen atoms in total. The van der Waals surface area contributed by atoms with Crippen LogP contribution in [0.3, 0.4) is 0 Å². The summed E-state index contributed by atoms with van der Waals surface area (Å²) in [4.78, 5) is 15.1. The van der Waals surface area contributed by atoms with Crippen molar-refractivity contribution >= 4 is 27.4 Å². The standard InChI is InChI=1S/C20H25NO3S/c22-20(14-15-4-3-7-19-16(15)8-13-25-19)24-18-6-2-1-5-17(18)21-9-11-23-12-10-21/h3-4,7-8,13,17-18H,1-2,5-6,9-12,14H2. The highest BCUT2D eigenvalue weighted by molar-refractivity contribution is 7.17. The summed E-state index contributed by atoms with van der Waals surface area (Å²) < 4.78 is 12.7. The van der Waals surface area contributed by atoms with E-state index in [4.69, 9.17) is 9.47 Å². The van der Waals surface area contributed by atoms with Crippen LogP contribution < -0.4 is 0 Å².